The van der Waals surface area contributed by atoms with Crippen LogP contribution in [0.5, 0.6) is 0 Å². The quantitative estimate of drug-likeness (QED) is 0.866. The number of benzene rings is 1. The molecule has 1 aliphatic heterocycles. The van der Waals surface area contributed by atoms with Gasteiger partial charge in [-0.3, -0.25) is 0 Å². The Morgan fingerprint density at radius 2 is 2.17 bits per heavy atom. The van der Waals surface area contributed by atoms with E-state index in [1.807, 2.05) is 24.3 Å². The van der Waals surface area contributed by atoms with Crippen LogP contribution in [0, 0.1) is 5.92 Å². The summed E-state index contributed by atoms with van der Waals surface area (Å²) >= 11 is 0. The molecule has 1 atom stereocenters. The summed E-state index contributed by atoms with van der Waals surface area (Å²) in [6, 6.07) is 7.35. The summed E-state index contributed by atoms with van der Waals surface area (Å²) in [5, 5.41) is 3.27. The zero-order chi connectivity index (χ0) is 12.6. The summed E-state index contributed by atoms with van der Waals surface area (Å²) in [6.45, 7) is 1.68. The van der Waals surface area contributed by atoms with Gasteiger partial charge in [0.25, 0.3) is 0 Å². The van der Waals surface area contributed by atoms with Gasteiger partial charge in [-0.05, 0) is 37.6 Å². The van der Waals surface area contributed by atoms with Crippen LogP contribution in [-0.4, -0.2) is 37.2 Å². The highest BCUT2D eigenvalue weighted by Gasteiger charge is 2.26. The number of fused-ring (bicyclic) bond motifs is 1. The van der Waals surface area contributed by atoms with Crippen LogP contribution in [-0.2, 0) is 9.84 Å². The number of hydrogen-bond acceptors (Lipinski definition) is 4. The highest BCUT2D eigenvalue weighted by atomic mass is 32.2. The van der Waals surface area contributed by atoms with Crippen LogP contribution >= 0.6 is 0 Å². The van der Waals surface area contributed by atoms with E-state index in [9.17, 15) is 8.42 Å². The molecule has 0 spiro atoms. The molecule has 2 aromatic rings. The van der Waals surface area contributed by atoms with E-state index >= 15 is 0 Å². The van der Waals surface area contributed by atoms with Crippen molar-refractivity contribution in [1.29, 1.82) is 0 Å². The standard InChI is InChI=1S/C12H15N3O2S/c16-18(17,8-9-5-6-13-7-9)12-14-10-3-1-2-4-11(10)15-12/h1-4,9,13H,5-8H2,(H,14,15)/t9-/m0/s1. The molecule has 2 N–H and O–H groups in total. The van der Waals surface area contributed by atoms with E-state index in [1.165, 1.54) is 0 Å². The largest absolute Gasteiger partial charge is 0.329 e. The molecular weight excluding hydrogens is 250 g/mol. The fourth-order valence-electron chi connectivity index (χ4n) is 2.32. The molecule has 0 saturated carbocycles. The van der Waals surface area contributed by atoms with Crippen LogP contribution < -0.4 is 5.32 Å². The predicted molar refractivity (Wildman–Crippen MR) is 69.1 cm³/mol. The van der Waals surface area contributed by atoms with Gasteiger partial charge in [-0.2, -0.15) is 0 Å². The minimum absolute atomic E-state index is 0.0931. The molecule has 1 aliphatic rings. The van der Waals surface area contributed by atoms with Gasteiger partial charge in [-0.1, -0.05) is 12.1 Å². The van der Waals surface area contributed by atoms with Gasteiger partial charge in [-0.25, -0.2) is 13.4 Å². The van der Waals surface area contributed by atoms with Crippen LogP contribution in [0.4, 0.5) is 0 Å². The Morgan fingerprint density at radius 3 is 2.89 bits per heavy atom. The van der Waals surface area contributed by atoms with Crippen molar-refractivity contribution in [1.82, 2.24) is 15.3 Å². The number of aromatic amines is 1. The van der Waals surface area contributed by atoms with E-state index in [4.69, 9.17) is 0 Å². The van der Waals surface area contributed by atoms with Gasteiger partial charge in [0.15, 0.2) is 0 Å². The molecular formula is C12H15N3O2S. The van der Waals surface area contributed by atoms with Crippen LogP contribution in [0.15, 0.2) is 29.4 Å². The van der Waals surface area contributed by atoms with Gasteiger partial charge in [0.1, 0.15) is 0 Å². The highest BCUT2D eigenvalue weighted by Crippen LogP contribution is 2.18. The Labute approximate surface area is 106 Å². The molecule has 0 aliphatic carbocycles. The van der Waals surface area contributed by atoms with Gasteiger partial charge in [0.05, 0.1) is 16.8 Å². The summed E-state index contributed by atoms with van der Waals surface area (Å²) < 4.78 is 24.5. The zero-order valence-electron chi connectivity index (χ0n) is 9.89. The van der Waals surface area contributed by atoms with Crippen molar-refractivity contribution in [2.24, 2.45) is 5.92 Å². The van der Waals surface area contributed by atoms with Crippen LogP contribution in [0.3, 0.4) is 0 Å². The minimum Gasteiger partial charge on any atom is -0.329 e. The molecule has 2 heterocycles. The number of para-hydroxylation sites is 2. The Balaban J connectivity index is 1.92. The Hall–Kier alpha value is -1.40. The van der Waals surface area contributed by atoms with Crippen molar-refractivity contribution in [3.63, 3.8) is 0 Å². The Kier molecular flexibility index (Phi) is 2.83. The lowest BCUT2D eigenvalue weighted by atomic mass is 10.2. The monoisotopic (exact) mass is 265 g/mol. The number of H-pyrrole nitrogens is 1. The van der Waals surface area contributed by atoms with E-state index in [0.29, 0.717) is 5.52 Å². The summed E-state index contributed by atoms with van der Waals surface area (Å²) in [5.74, 6) is 0.364. The molecule has 0 unspecified atom stereocenters. The average Bonchev–Trinajstić information content (AvgIpc) is 2.96. The van der Waals surface area contributed by atoms with Gasteiger partial charge in [-0.15, -0.1) is 0 Å². The molecule has 1 saturated heterocycles. The number of nitrogens with one attached hydrogen (secondary N) is 2. The fourth-order valence-corrected chi connectivity index (χ4v) is 3.89. The first-order valence-electron chi connectivity index (χ1n) is 6.03. The average molecular weight is 265 g/mol. The third kappa shape index (κ3) is 2.13. The molecule has 0 amide bonds. The van der Waals surface area contributed by atoms with Crippen molar-refractivity contribution >= 4 is 20.9 Å². The molecule has 6 heteroatoms. The maximum Gasteiger partial charge on any atom is 0.226 e. The molecule has 96 valence electrons. The van der Waals surface area contributed by atoms with Crippen LogP contribution in [0.1, 0.15) is 6.42 Å². The number of imidazole rings is 1. The number of nitrogens with zero attached hydrogens (tertiary/aromatic N) is 1. The normalized spacial score (nSPS) is 20.6. The van der Waals surface area contributed by atoms with E-state index in [0.717, 1.165) is 25.0 Å². The lowest BCUT2D eigenvalue weighted by molar-refractivity contribution is 0.564. The van der Waals surface area contributed by atoms with Crippen molar-refractivity contribution in [3.8, 4) is 0 Å². The molecule has 0 radical (unpaired) electrons. The second kappa shape index (κ2) is 4.37. The number of rotatable bonds is 3. The molecule has 18 heavy (non-hydrogen) atoms. The summed E-state index contributed by atoms with van der Waals surface area (Å²) in [6.07, 6.45) is 0.916. The molecule has 3 rings (SSSR count). The first-order valence-corrected chi connectivity index (χ1v) is 7.68. The second-order valence-corrected chi connectivity index (χ2v) is 6.65. The Bertz CT molecular complexity index is 624. The third-order valence-corrected chi connectivity index (χ3v) is 4.97. The molecule has 1 aromatic heterocycles. The third-order valence-electron chi connectivity index (χ3n) is 3.28. The van der Waals surface area contributed by atoms with Gasteiger partial charge in [0, 0.05) is 0 Å². The Morgan fingerprint density at radius 1 is 1.33 bits per heavy atom. The molecule has 1 aromatic carbocycles. The van der Waals surface area contributed by atoms with Crippen molar-refractivity contribution in [2.45, 2.75) is 11.6 Å². The van der Waals surface area contributed by atoms with E-state index in [2.05, 4.69) is 15.3 Å². The SMILES string of the molecule is O=S(=O)(C[C@H]1CCNC1)c1nc2ccccc2[nH]1. The number of hydrogen-bond donors (Lipinski definition) is 2. The van der Waals surface area contributed by atoms with Crippen molar-refractivity contribution < 1.29 is 8.42 Å². The van der Waals surface area contributed by atoms with Crippen LogP contribution in [0.2, 0.25) is 0 Å². The highest BCUT2D eigenvalue weighted by molar-refractivity contribution is 7.91. The molecule has 5 nitrogen and oxygen atoms in total. The topological polar surface area (TPSA) is 74.8 Å². The summed E-state index contributed by atoms with van der Waals surface area (Å²) in [5.41, 5.74) is 1.46. The summed E-state index contributed by atoms with van der Waals surface area (Å²) in [7, 11) is -3.31. The molecule has 1 fully saturated rings. The number of sulfone groups is 1. The zero-order valence-corrected chi connectivity index (χ0v) is 10.7. The lowest BCUT2D eigenvalue weighted by Crippen LogP contribution is -2.19. The first-order chi connectivity index (χ1) is 8.65. The van der Waals surface area contributed by atoms with Gasteiger partial charge >= 0.3 is 0 Å². The van der Waals surface area contributed by atoms with E-state index in [1.54, 1.807) is 0 Å². The number of aromatic nitrogens is 2. The minimum atomic E-state index is -3.31. The van der Waals surface area contributed by atoms with Crippen molar-refractivity contribution in [2.75, 3.05) is 18.8 Å². The molecule has 0 bridgehead atoms. The van der Waals surface area contributed by atoms with E-state index < -0.39 is 9.84 Å². The van der Waals surface area contributed by atoms with Crippen molar-refractivity contribution in [3.05, 3.63) is 24.3 Å². The summed E-state index contributed by atoms with van der Waals surface area (Å²) in [4.78, 5) is 7.05. The maximum atomic E-state index is 12.2. The van der Waals surface area contributed by atoms with Gasteiger partial charge in [0.2, 0.25) is 15.0 Å². The lowest BCUT2D eigenvalue weighted by Gasteiger charge is -2.06. The smallest absolute Gasteiger partial charge is 0.226 e. The maximum absolute atomic E-state index is 12.2. The second-order valence-electron chi connectivity index (χ2n) is 4.70. The predicted octanol–water partition coefficient (Wildman–Crippen LogP) is 0.946. The fraction of sp³-hybridized carbons (Fsp3) is 0.417. The van der Waals surface area contributed by atoms with Crippen LogP contribution in [0.25, 0.3) is 11.0 Å². The van der Waals surface area contributed by atoms with Gasteiger partial charge < -0.3 is 10.3 Å². The first kappa shape index (κ1) is 11.7. The van der Waals surface area contributed by atoms with E-state index in [-0.39, 0.29) is 16.8 Å².